The molecule has 0 unspecified atom stereocenters. The van der Waals surface area contributed by atoms with Crippen molar-refractivity contribution in [3.05, 3.63) is 156 Å². The summed E-state index contributed by atoms with van der Waals surface area (Å²) in [6, 6.07) is 47.5. The predicted octanol–water partition coefficient (Wildman–Crippen LogP) is 11.3. The highest BCUT2D eigenvalue weighted by molar-refractivity contribution is 7.20. The number of thiophene rings is 1. The van der Waals surface area contributed by atoms with E-state index in [1.165, 1.54) is 44.3 Å². The lowest BCUT2D eigenvalue weighted by atomic mass is 9.73. The Labute approximate surface area is 270 Å². The molecule has 0 atom stereocenters. The summed E-state index contributed by atoms with van der Waals surface area (Å²) in [5.74, 6) is 0.126. The van der Waals surface area contributed by atoms with Gasteiger partial charge in [0, 0.05) is 43.4 Å². The van der Waals surface area contributed by atoms with Crippen molar-refractivity contribution in [2.75, 3.05) is 4.90 Å². The summed E-state index contributed by atoms with van der Waals surface area (Å²) in [6.45, 7) is 4.67. The third kappa shape index (κ3) is 3.29. The number of fused-ring (bicyclic) bond motifs is 10. The fourth-order valence-corrected chi connectivity index (χ4v) is 9.16. The zero-order valence-electron chi connectivity index (χ0n) is 25.4. The minimum Gasteiger partial charge on any atom is -0.309 e. The van der Waals surface area contributed by atoms with Crippen LogP contribution in [0.1, 0.15) is 40.9 Å². The molecule has 0 fully saturated rings. The second-order valence-electron chi connectivity index (χ2n) is 12.9. The number of ketones is 1. The largest absolute Gasteiger partial charge is 0.309 e. The van der Waals surface area contributed by atoms with E-state index in [9.17, 15) is 4.79 Å². The second-order valence-corrected chi connectivity index (χ2v) is 14.0. The number of rotatable bonds is 2. The van der Waals surface area contributed by atoms with Crippen LogP contribution in [-0.2, 0) is 5.41 Å². The molecule has 1 aliphatic heterocycles. The van der Waals surface area contributed by atoms with Gasteiger partial charge in [0.05, 0.1) is 22.4 Å². The van der Waals surface area contributed by atoms with Gasteiger partial charge in [0.1, 0.15) is 5.00 Å². The highest BCUT2D eigenvalue weighted by Crippen LogP contribution is 2.57. The van der Waals surface area contributed by atoms with Gasteiger partial charge in [-0.15, -0.1) is 11.3 Å². The maximum Gasteiger partial charge on any atom is 0.195 e. The Morgan fingerprint density at radius 2 is 1.33 bits per heavy atom. The molecule has 0 radical (unpaired) electrons. The van der Waals surface area contributed by atoms with Crippen LogP contribution in [0.15, 0.2) is 133 Å². The molecule has 4 aromatic carbocycles. The van der Waals surface area contributed by atoms with Crippen molar-refractivity contribution in [2.45, 2.75) is 19.3 Å². The third-order valence-electron chi connectivity index (χ3n) is 10.1. The molecule has 3 nitrogen and oxygen atoms in total. The van der Waals surface area contributed by atoms with E-state index in [-0.39, 0.29) is 11.2 Å². The average Bonchev–Trinajstić information content (AvgIpc) is 3.77. The van der Waals surface area contributed by atoms with Crippen molar-refractivity contribution in [1.82, 2.24) is 4.57 Å². The molecule has 46 heavy (non-hydrogen) atoms. The number of para-hydroxylation sites is 3. The standard InChI is InChI=1S/C42H28N2OS/c1-42(2)32-18-10-12-20-35(32)44(38-23-31-40(45)39-27-16-8-3-5-13-25(27)21-30(39)41(31)46-38)37-22-29-28-17-9-11-19-34(28)43(36(29)24-33(37)42)26-14-6-4-7-15-26/h3-24H,1-2H3. The maximum absolute atomic E-state index is 14.0. The summed E-state index contributed by atoms with van der Waals surface area (Å²) >= 11 is 1.73. The first-order valence-corrected chi connectivity index (χ1v) is 16.6. The van der Waals surface area contributed by atoms with Crippen LogP contribution in [-0.4, -0.2) is 10.4 Å². The van der Waals surface area contributed by atoms with Crippen LogP contribution in [0.3, 0.4) is 0 Å². The number of carbonyl (C=O) groups is 1. The average molecular weight is 609 g/mol. The second kappa shape index (κ2) is 9.06. The molecule has 0 amide bonds. The van der Waals surface area contributed by atoms with Crippen LogP contribution in [0.4, 0.5) is 16.4 Å². The van der Waals surface area contributed by atoms with Crippen molar-refractivity contribution < 1.29 is 4.79 Å². The number of carbonyl (C=O) groups excluding carboxylic acids is 1. The van der Waals surface area contributed by atoms with Crippen LogP contribution >= 0.6 is 11.3 Å². The van der Waals surface area contributed by atoms with Crippen LogP contribution in [0, 0.1) is 0 Å². The maximum atomic E-state index is 14.0. The number of hydrogen-bond acceptors (Lipinski definition) is 3. The van der Waals surface area contributed by atoms with Gasteiger partial charge in [0.25, 0.3) is 0 Å². The number of nitrogens with zero attached hydrogens (tertiary/aromatic N) is 2. The summed E-state index contributed by atoms with van der Waals surface area (Å²) in [6.07, 6.45) is 0. The minimum absolute atomic E-state index is 0.126. The van der Waals surface area contributed by atoms with Gasteiger partial charge in [-0.2, -0.15) is 0 Å². The Morgan fingerprint density at radius 3 is 2.20 bits per heavy atom. The normalized spacial score (nSPS) is 14.5. The Hall–Kier alpha value is -5.45. The van der Waals surface area contributed by atoms with E-state index >= 15 is 0 Å². The van der Waals surface area contributed by atoms with Crippen LogP contribution in [0.2, 0.25) is 0 Å². The quantitative estimate of drug-likeness (QED) is 0.195. The van der Waals surface area contributed by atoms with E-state index in [0.717, 1.165) is 43.4 Å². The summed E-state index contributed by atoms with van der Waals surface area (Å²) in [5.41, 5.74) is 13.0. The lowest BCUT2D eigenvalue weighted by molar-refractivity contribution is 0.104. The SMILES string of the molecule is CC1(C)c2ccccc2N(c2cc3c(s2)-c2cc4cccccc-4c2C3=O)c2cc3c4ccccc4n(-c4ccccc4)c3cc21. The van der Waals surface area contributed by atoms with Gasteiger partial charge in [-0.3, -0.25) is 4.79 Å². The van der Waals surface area contributed by atoms with E-state index in [4.69, 9.17) is 0 Å². The van der Waals surface area contributed by atoms with Gasteiger partial charge in [0.2, 0.25) is 0 Å². The van der Waals surface area contributed by atoms with Crippen molar-refractivity contribution in [3.63, 3.8) is 0 Å². The molecule has 0 N–H and O–H groups in total. The van der Waals surface area contributed by atoms with Crippen LogP contribution in [0.5, 0.6) is 0 Å². The zero-order chi connectivity index (χ0) is 30.7. The first-order chi connectivity index (χ1) is 22.5. The van der Waals surface area contributed by atoms with Gasteiger partial charge < -0.3 is 9.47 Å². The first-order valence-electron chi connectivity index (χ1n) is 15.7. The van der Waals surface area contributed by atoms with E-state index < -0.39 is 0 Å². The molecule has 3 aliphatic carbocycles. The molecule has 2 aromatic heterocycles. The topological polar surface area (TPSA) is 25.2 Å². The molecule has 0 bridgehead atoms. The molecule has 6 aromatic rings. The number of benzene rings is 4. The van der Waals surface area contributed by atoms with E-state index in [1.807, 2.05) is 18.2 Å². The molecule has 4 heteroatoms. The Balaban J connectivity index is 1.25. The Bertz CT molecular complexity index is 2530. The molecule has 0 saturated heterocycles. The van der Waals surface area contributed by atoms with Crippen molar-refractivity contribution in [2.24, 2.45) is 0 Å². The number of anilines is 3. The summed E-state index contributed by atoms with van der Waals surface area (Å²) in [7, 11) is 0. The smallest absolute Gasteiger partial charge is 0.195 e. The lowest BCUT2D eigenvalue weighted by Crippen LogP contribution is -2.30. The molecule has 3 heterocycles. The van der Waals surface area contributed by atoms with Gasteiger partial charge >= 0.3 is 0 Å². The van der Waals surface area contributed by atoms with Crippen molar-refractivity contribution in [3.8, 4) is 27.3 Å². The fraction of sp³-hybridized carbons (Fsp3) is 0.0714. The zero-order valence-corrected chi connectivity index (χ0v) is 26.2. The number of hydrogen-bond donors (Lipinski definition) is 0. The summed E-state index contributed by atoms with van der Waals surface area (Å²) in [5, 5.41) is 3.51. The first kappa shape index (κ1) is 25.8. The molecular weight excluding hydrogens is 581 g/mol. The Morgan fingerprint density at radius 1 is 0.587 bits per heavy atom. The number of aromatic nitrogens is 1. The van der Waals surface area contributed by atoms with E-state index in [0.29, 0.717) is 0 Å². The van der Waals surface area contributed by atoms with Gasteiger partial charge in [-0.1, -0.05) is 98.8 Å². The van der Waals surface area contributed by atoms with Gasteiger partial charge in [-0.25, -0.2) is 0 Å². The third-order valence-corrected chi connectivity index (χ3v) is 11.3. The molecule has 218 valence electrons. The lowest BCUT2D eigenvalue weighted by Gasteiger charge is -2.41. The molecule has 4 aliphatic rings. The highest BCUT2D eigenvalue weighted by atomic mass is 32.1. The molecular formula is C42H28N2OS. The van der Waals surface area contributed by atoms with E-state index in [2.05, 4.69) is 139 Å². The molecule has 0 spiro atoms. The summed E-state index contributed by atoms with van der Waals surface area (Å²) in [4.78, 5) is 17.5. The summed E-state index contributed by atoms with van der Waals surface area (Å²) < 4.78 is 2.39. The monoisotopic (exact) mass is 608 g/mol. The molecule has 0 saturated carbocycles. The Kier molecular flexibility index (Phi) is 5.09. The van der Waals surface area contributed by atoms with Gasteiger partial charge in [0.15, 0.2) is 5.78 Å². The van der Waals surface area contributed by atoms with Crippen LogP contribution < -0.4 is 4.90 Å². The fourth-order valence-electron chi connectivity index (χ4n) is 7.96. The predicted molar refractivity (Wildman–Crippen MR) is 191 cm³/mol. The minimum atomic E-state index is -0.240. The molecule has 10 rings (SSSR count). The van der Waals surface area contributed by atoms with Crippen molar-refractivity contribution in [1.29, 1.82) is 0 Å². The van der Waals surface area contributed by atoms with Crippen molar-refractivity contribution >= 4 is 55.3 Å². The highest BCUT2D eigenvalue weighted by Gasteiger charge is 2.40. The van der Waals surface area contributed by atoms with E-state index in [1.54, 1.807) is 11.3 Å². The van der Waals surface area contributed by atoms with Gasteiger partial charge in [-0.05, 0) is 70.8 Å². The van der Waals surface area contributed by atoms with Crippen LogP contribution in [0.25, 0.3) is 49.1 Å².